The Morgan fingerprint density at radius 3 is 2.09 bits per heavy atom. The molecule has 1 N–H and O–H groups in total. The lowest BCUT2D eigenvalue weighted by molar-refractivity contribution is 0.0694. The van der Waals surface area contributed by atoms with E-state index in [4.69, 9.17) is 0 Å². The summed E-state index contributed by atoms with van der Waals surface area (Å²) in [7, 11) is 0. The van der Waals surface area contributed by atoms with Crippen LogP contribution in [0.2, 0.25) is 0 Å². The summed E-state index contributed by atoms with van der Waals surface area (Å²) in [5.74, 6) is 0.309. The number of carboxylic acid groups (broad SMARTS) is 1. The van der Waals surface area contributed by atoms with E-state index < -0.39 is 5.97 Å². The topological polar surface area (TPSA) is 63.1 Å². The number of rotatable bonds is 3. The zero-order chi connectivity index (χ0) is 15.7. The molecule has 1 aromatic carbocycles. The van der Waals surface area contributed by atoms with Gasteiger partial charge in [0, 0.05) is 5.56 Å². The van der Waals surface area contributed by atoms with Crippen molar-refractivity contribution in [2.24, 2.45) is 0 Å². The van der Waals surface area contributed by atoms with Crippen molar-refractivity contribution in [2.45, 2.75) is 45.4 Å². The average Bonchev–Trinajstić information content (AvgIpc) is 3.00. The second-order valence-corrected chi connectivity index (χ2v) is 6.00. The highest BCUT2D eigenvalue weighted by molar-refractivity contribution is 5.90. The van der Waals surface area contributed by atoms with Crippen molar-refractivity contribution in [1.82, 2.24) is 9.97 Å². The summed E-state index contributed by atoms with van der Waals surface area (Å²) in [6, 6.07) is 8.40. The van der Waals surface area contributed by atoms with Gasteiger partial charge in [-0.05, 0) is 38.2 Å². The van der Waals surface area contributed by atoms with Crippen molar-refractivity contribution in [2.75, 3.05) is 0 Å². The molecule has 114 valence electrons. The quantitative estimate of drug-likeness (QED) is 0.925. The number of hydrogen-bond donors (Lipinski definition) is 1. The molecule has 1 saturated carbocycles. The number of carboxylic acids is 1. The highest BCUT2D eigenvalue weighted by atomic mass is 16.4. The minimum absolute atomic E-state index is 0.200. The fourth-order valence-electron chi connectivity index (χ4n) is 3.32. The van der Waals surface area contributed by atoms with Crippen molar-refractivity contribution in [3.8, 4) is 11.4 Å². The summed E-state index contributed by atoms with van der Waals surface area (Å²) in [4.78, 5) is 19.9. The van der Waals surface area contributed by atoms with E-state index in [0.717, 1.165) is 5.56 Å². The molecular formula is C18H20N2O2. The molecule has 22 heavy (non-hydrogen) atoms. The number of carbonyl (C=O) groups is 1. The predicted molar refractivity (Wildman–Crippen MR) is 85.1 cm³/mol. The van der Waals surface area contributed by atoms with Gasteiger partial charge in [0.05, 0.1) is 11.4 Å². The smallest absolute Gasteiger partial charge is 0.339 e. The van der Waals surface area contributed by atoms with Crippen LogP contribution in [0.25, 0.3) is 11.4 Å². The van der Waals surface area contributed by atoms with E-state index in [9.17, 15) is 9.90 Å². The van der Waals surface area contributed by atoms with Crippen LogP contribution in [0.15, 0.2) is 24.3 Å². The molecular weight excluding hydrogens is 276 g/mol. The fraction of sp³-hybridized carbons (Fsp3) is 0.389. The number of benzene rings is 1. The van der Waals surface area contributed by atoms with E-state index in [-0.39, 0.29) is 5.56 Å². The zero-order valence-corrected chi connectivity index (χ0v) is 13.0. The molecule has 0 amide bonds. The summed E-state index contributed by atoms with van der Waals surface area (Å²) in [6.07, 6.45) is 5.21. The summed E-state index contributed by atoms with van der Waals surface area (Å²) < 4.78 is 0. The third-order valence-corrected chi connectivity index (χ3v) is 4.48. The van der Waals surface area contributed by atoms with Crippen LogP contribution >= 0.6 is 0 Å². The van der Waals surface area contributed by atoms with Gasteiger partial charge in [0.25, 0.3) is 0 Å². The largest absolute Gasteiger partial charge is 0.478 e. The molecule has 0 aliphatic heterocycles. The summed E-state index contributed by atoms with van der Waals surface area (Å²) in [6.45, 7) is 3.43. The maximum absolute atomic E-state index is 11.2. The monoisotopic (exact) mass is 296 g/mol. The average molecular weight is 296 g/mol. The summed E-state index contributed by atoms with van der Waals surface area (Å²) in [5, 5.41) is 9.19. The first-order valence-corrected chi connectivity index (χ1v) is 7.75. The van der Waals surface area contributed by atoms with E-state index in [1.54, 1.807) is 13.8 Å². The Bertz CT molecular complexity index is 679. The number of aromatic nitrogens is 2. The van der Waals surface area contributed by atoms with Gasteiger partial charge in [-0.3, -0.25) is 0 Å². The minimum atomic E-state index is -0.974. The second kappa shape index (κ2) is 5.87. The van der Waals surface area contributed by atoms with Crippen LogP contribution in [-0.4, -0.2) is 21.0 Å². The van der Waals surface area contributed by atoms with Gasteiger partial charge in [0.1, 0.15) is 5.56 Å². The van der Waals surface area contributed by atoms with E-state index >= 15 is 0 Å². The lowest BCUT2D eigenvalue weighted by Gasteiger charge is -2.11. The van der Waals surface area contributed by atoms with Gasteiger partial charge in [-0.2, -0.15) is 0 Å². The standard InChI is InChI=1S/C18H20N2O2/c1-11-16(18(21)22)12(2)20-17(19-11)15-9-7-14(8-10-15)13-5-3-4-6-13/h7-10,13H,3-6H2,1-2H3,(H,21,22). The molecule has 0 saturated heterocycles. The van der Waals surface area contributed by atoms with Gasteiger partial charge >= 0.3 is 5.97 Å². The van der Waals surface area contributed by atoms with Crippen molar-refractivity contribution in [1.29, 1.82) is 0 Å². The van der Waals surface area contributed by atoms with Gasteiger partial charge < -0.3 is 5.11 Å². The third kappa shape index (κ3) is 2.73. The van der Waals surface area contributed by atoms with Crippen LogP contribution in [0.1, 0.15) is 58.9 Å². The number of hydrogen-bond acceptors (Lipinski definition) is 3. The first kappa shape index (κ1) is 14.7. The molecule has 1 fully saturated rings. The molecule has 4 nitrogen and oxygen atoms in total. The molecule has 0 unspecified atom stereocenters. The Morgan fingerprint density at radius 1 is 1.05 bits per heavy atom. The first-order valence-electron chi connectivity index (χ1n) is 7.75. The first-order chi connectivity index (χ1) is 10.6. The molecule has 3 rings (SSSR count). The normalized spacial score (nSPS) is 15.2. The SMILES string of the molecule is Cc1nc(-c2ccc(C3CCCC3)cc2)nc(C)c1C(=O)O. The van der Waals surface area contributed by atoms with Crippen molar-refractivity contribution in [3.05, 3.63) is 46.8 Å². The minimum Gasteiger partial charge on any atom is -0.478 e. The lowest BCUT2D eigenvalue weighted by Crippen LogP contribution is -2.08. The molecule has 1 aliphatic carbocycles. The Hall–Kier alpha value is -2.23. The molecule has 1 aromatic heterocycles. The Kier molecular flexibility index (Phi) is 3.92. The molecule has 1 aliphatic rings. The third-order valence-electron chi connectivity index (χ3n) is 4.48. The zero-order valence-electron chi connectivity index (χ0n) is 13.0. The van der Waals surface area contributed by atoms with Crippen LogP contribution in [0, 0.1) is 13.8 Å². The van der Waals surface area contributed by atoms with Crippen LogP contribution in [0.5, 0.6) is 0 Å². The number of aryl methyl sites for hydroxylation is 2. The van der Waals surface area contributed by atoms with E-state index in [1.165, 1.54) is 31.2 Å². The lowest BCUT2D eigenvalue weighted by atomic mass is 9.96. The highest BCUT2D eigenvalue weighted by Gasteiger charge is 2.18. The maximum atomic E-state index is 11.2. The Morgan fingerprint density at radius 2 is 1.59 bits per heavy atom. The number of nitrogens with zero attached hydrogens (tertiary/aromatic N) is 2. The molecule has 2 aromatic rings. The molecule has 0 radical (unpaired) electrons. The van der Waals surface area contributed by atoms with Crippen LogP contribution < -0.4 is 0 Å². The number of aromatic carboxylic acids is 1. The van der Waals surface area contributed by atoms with E-state index in [2.05, 4.69) is 22.1 Å². The molecule has 4 heteroatoms. The molecule has 1 heterocycles. The molecule has 0 spiro atoms. The Labute approximate surface area is 130 Å². The molecule has 0 atom stereocenters. The summed E-state index contributed by atoms with van der Waals surface area (Å²) in [5.41, 5.74) is 3.54. The second-order valence-electron chi connectivity index (χ2n) is 6.00. The summed E-state index contributed by atoms with van der Waals surface area (Å²) >= 11 is 0. The fourth-order valence-corrected chi connectivity index (χ4v) is 3.32. The van der Waals surface area contributed by atoms with Crippen LogP contribution in [0.4, 0.5) is 0 Å². The highest BCUT2D eigenvalue weighted by Crippen LogP contribution is 2.34. The van der Waals surface area contributed by atoms with Crippen molar-refractivity contribution >= 4 is 5.97 Å². The van der Waals surface area contributed by atoms with Gasteiger partial charge in [0.2, 0.25) is 0 Å². The molecule has 0 bridgehead atoms. The van der Waals surface area contributed by atoms with Crippen molar-refractivity contribution < 1.29 is 9.90 Å². The van der Waals surface area contributed by atoms with E-state index in [0.29, 0.717) is 23.1 Å². The van der Waals surface area contributed by atoms with Gasteiger partial charge in [-0.25, -0.2) is 14.8 Å². The van der Waals surface area contributed by atoms with E-state index in [1.807, 2.05) is 12.1 Å². The van der Waals surface area contributed by atoms with Crippen molar-refractivity contribution in [3.63, 3.8) is 0 Å². The van der Waals surface area contributed by atoms with Crippen LogP contribution in [-0.2, 0) is 0 Å². The van der Waals surface area contributed by atoms with Crippen LogP contribution in [0.3, 0.4) is 0 Å². The maximum Gasteiger partial charge on any atom is 0.339 e. The predicted octanol–water partition coefficient (Wildman–Crippen LogP) is 4.12. The van der Waals surface area contributed by atoms with Gasteiger partial charge in [0.15, 0.2) is 5.82 Å². The van der Waals surface area contributed by atoms with Gasteiger partial charge in [-0.15, -0.1) is 0 Å². The Balaban J connectivity index is 1.92. The van der Waals surface area contributed by atoms with Gasteiger partial charge in [-0.1, -0.05) is 37.1 Å².